The lowest BCUT2D eigenvalue weighted by molar-refractivity contribution is 0.146. The Morgan fingerprint density at radius 1 is 1.16 bits per heavy atom. The molecule has 198 valence electrons. The summed E-state index contributed by atoms with van der Waals surface area (Å²) in [4.78, 5) is 19.6. The number of benzene rings is 2. The van der Waals surface area contributed by atoms with Crippen LogP contribution in [-0.2, 0) is 16.7 Å². The van der Waals surface area contributed by atoms with Crippen LogP contribution in [0.4, 0.5) is 15.6 Å². The van der Waals surface area contributed by atoms with Crippen LogP contribution in [0, 0.1) is 0 Å². The average molecular weight is 589 g/mol. The van der Waals surface area contributed by atoms with Crippen LogP contribution in [0.3, 0.4) is 0 Å². The molecule has 0 bridgehead atoms. The van der Waals surface area contributed by atoms with E-state index in [1.54, 1.807) is 7.11 Å². The van der Waals surface area contributed by atoms with Crippen molar-refractivity contribution in [3.8, 4) is 5.75 Å². The van der Waals surface area contributed by atoms with E-state index in [9.17, 15) is 4.79 Å². The third kappa shape index (κ3) is 7.22. The van der Waals surface area contributed by atoms with Crippen molar-refractivity contribution in [3.63, 3.8) is 0 Å². The number of anilines is 2. The van der Waals surface area contributed by atoms with Crippen molar-refractivity contribution in [2.75, 3.05) is 56.7 Å². The molecule has 10 heteroatoms. The highest BCUT2D eigenvalue weighted by molar-refractivity contribution is 9.10. The normalized spacial score (nSPS) is 13.9. The molecular weight excluding hydrogens is 554 g/mol. The lowest BCUT2D eigenvalue weighted by Crippen LogP contribution is -2.43. The third-order valence-electron chi connectivity index (χ3n) is 6.41. The van der Waals surface area contributed by atoms with E-state index in [-0.39, 0.29) is 11.4 Å². The van der Waals surface area contributed by atoms with Gasteiger partial charge in [0.2, 0.25) is 0 Å². The van der Waals surface area contributed by atoms with Gasteiger partial charge in [0.05, 0.1) is 18.0 Å². The number of aromatic nitrogens is 1. The van der Waals surface area contributed by atoms with E-state index < -0.39 is 0 Å². The molecule has 2 amide bonds. The van der Waals surface area contributed by atoms with Crippen LogP contribution < -0.4 is 25.6 Å². The standard InChI is InChI=1S/C27H34BrN5O3S/c1-27(2,20-5-7-21(28)8-6-20)24-18-37-26(31-24)32-25(34)30-17-19-4-9-22(33-12-10-29-11-13-33)23(16-19)36-15-14-35-3/h4-9,16,18,29H,10-15,17H2,1-3H3,(H2,30,31,32,34). The highest BCUT2D eigenvalue weighted by atomic mass is 79.9. The zero-order valence-electron chi connectivity index (χ0n) is 21.5. The Labute approximate surface area is 230 Å². The van der Waals surface area contributed by atoms with Crippen molar-refractivity contribution < 1.29 is 14.3 Å². The summed E-state index contributed by atoms with van der Waals surface area (Å²) in [6, 6.07) is 14.0. The second-order valence-electron chi connectivity index (χ2n) is 9.36. The number of carbonyl (C=O) groups excluding carboxylic acids is 1. The number of hydrogen-bond donors (Lipinski definition) is 3. The number of halogens is 1. The minimum Gasteiger partial charge on any atom is -0.489 e. The molecule has 0 radical (unpaired) electrons. The molecular formula is C27H34BrN5O3S. The predicted octanol–water partition coefficient (Wildman–Crippen LogP) is 4.99. The maximum atomic E-state index is 12.6. The maximum absolute atomic E-state index is 12.6. The van der Waals surface area contributed by atoms with Gasteiger partial charge in [-0.25, -0.2) is 9.78 Å². The lowest BCUT2D eigenvalue weighted by Gasteiger charge is -2.31. The van der Waals surface area contributed by atoms with Gasteiger partial charge in [-0.1, -0.05) is 48.0 Å². The van der Waals surface area contributed by atoms with Gasteiger partial charge in [-0.3, -0.25) is 5.32 Å². The van der Waals surface area contributed by atoms with Crippen LogP contribution in [0.15, 0.2) is 52.3 Å². The summed E-state index contributed by atoms with van der Waals surface area (Å²) in [5.74, 6) is 0.804. The molecule has 1 aliphatic heterocycles. The molecule has 37 heavy (non-hydrogen) atoms. The van der Waals surface area contributed by atoms with Crippen LogP contribution in [0.5, 0.6) is 5.75 Å². The largest absolute Gasteiger partial charge is 0.489 e. The maximum Gasteiger partial charge on any atom is 0.321 e. The summed E-state index contributed by atoms with van der Waals surface area (Å²) in [5.41, 5.74) is 3.81. The van der Waals surface area contributed by atoms with Crippen molar-refractivity contribution in [1.82, 2.24) is 15.6 Å². The highest BCUT2D eigenvalue weighted by Crippen LogP contribution is 2.34. The summed E-state index contributed by atoms with van der Waals surface area (Å²) < 4.78 is 12.2. The smallest absolute Gasteiger partial charge is 0.321 e. The van der Waals surface area contributed by atoms with Crippen molar-refractivity contribution >= 4 is 44.1 Å². The third-order valence-corrected chi connectivity index (χ3v) is 7.70. The molecule has 1 fully saturated rings. The van der Waals surface area contributed by atoms with Gasteiger partial charge >= 0.3 is 6.03 Å². The van der Waals surface area contributed by atoms with Crippen LogP contribution in [0.1, 0.15) is 30.7 Å². The van der Waals surface area contributed by atoms with Crippen LogP contribution >= 0.6 is 27.3 Å². The summed E-state index contributed by atoms with van der Waals surface area (Å²) in [7, 11) is 1.66. The van der Waals surface area contributed by atoms with Crippen molar-refractivity contribution in [2.45, 2.75) is 25.8 Å². The predicted molar refractivity (Wildman–Crippen MR) is 153 cm³/mol. The van der Waals surface area contributed by atoms with Crippen LogP contribution in [0.25, 0.3) is 0 Å². The lowest BCUT2D eigenvalue weighted by atomic mass is 9.82. The monoisotopic (exact) mass is 587 g/mol. The fourth-order valence-electron chi connectivity index (χ4n) is 4.14. The number of urea groups is 1. The Bertz CT molecular complexity index is 1180. The molecule has 0 atom stereocenters. The summed E-state index contributed by atoms with van der Waals surface area (Å²) in [6.07, 6.45) is 0. The van der Waals surface area contributed by atoms with Crippen molar-refractivity contribution in [3.05, 3.63) is 69.1 Å². The highest BCUT2D eigenvalue weighted by Gasteiger charge is 2.26. The van der Waals surface area contributed by atoms with Crippen LogP contribution in [-0.4, -0.2) is 57.5 Å². The van der Waals surface area contributed by atoms with Gasteiger partial charge in [-0.15, -0.1) is 11.3 Å². The minimum atomic E-state index is -0.296. The molecule has 0 aliphatic carbocycles. The molecule has 1 saturated heterocycles. The SMILES string of the molecule is COCCOc1cc(CNC(=O)Nc2nc(C(C)(C)c3ccc(Br)cc3)cs2)ccc1N1CCNCC1. The molecule has 1 aromatic heterocycles. The summed E-state index contributed by atoms with van der Waals surface area (Å²) in [5, 5.41) is 11.7. The molecule has 0 saturated carbocycles. The van der Waals surface area contributed by atoms with Gasteiger partial charge in [0.25, 0.3) is 0 Å². The fraction of sp³-hybridized carbons (Fsp3) is 0.407. The van der Waals surface area contributed by atoms with Crippen molar-refractivity contribution in [1.29, 1.82) is 0 Å². The number of amides is 2. The van der Waals surface area contributed by atoms with Crippen molar-refractivity contribution in [2.24, 2.45) is 0 Å². The number of rotatable bonds is 10. The van der Waals surface area contributed by atoms with Gasteiger partial charge in [0, 0.05) is 55.1 Å². The number of hydrogen-bond acceptors (Lipinski definition) is 7. The van der Waals surface area contributed by atoms with E-state index >= 15 is 0 Å². The number of ether oxygens (including phenoxy) is 2. The topological polar surface area (TPSA) is 87.8 Å². The van der Waals surface area contributed by atoms with Crippen LogP contribution in [0.2, 0.25) is 0 Å². The van der Waals surface area contributed by atoms with E-state index in [0.29, 0.717) is 24.9 Å². The van der Waals surface area contributed by atoms with Gasteiger partial charge in [0.1, 0.15) is 12.4 Å². The quantitative estimate of drug-likeness (QED) is 0.290. The van der Waals surface area contributed by atoms with E-state index in [2.05, 4.69) is 73.8 Å². The first-order chi connectivity index (χ1) is 17.9. The first kappa shape index (κ1) is 27.4. The van der Waals surface area contributed by atoms with Gasteiger partial charge < -0.3 is 25.0 Å². The number of thiazole rings is 1. The molecule has 4 rings (SSSR count). The Kier molecular flexibility index (Phi) is 9.42. The fourth-order valence-corrected chi connectivity index (χ4v) is 5.28. The minimum absolute atomic E-state index is 0.279. The Morgan fingerprint density at radius 3 is 2.65 bits per heavy atom. The first-order valence-electron chi connectivity index (χ1n) is 12.3. The zero-order chi connectivity index (χ0) is 26.3. The molecule has 0 spiro atoms. The van der Waals surface area contributed by atoms with Gasteiger partial charge in [-0.2, -0.15) is 0 Å². The summed E-state index contributed by atoms with van der Waals surface area (Å²) in [6.45, 7) is 9.36. The molecule has 2 aromatic carbocycles. The first-order valence-corrected chi connectivity index (χ1v) is 14.0. The molecule has 8 nitrogen and oxygen atoms in total. The second kappa shape index (κ2) is 12.7. The van der Waals surface area contributed by atoms with E-state index in [1.165, 1.54) is 11.3 Å². The second-order valence-corrected chi connectivity index (χ2v) is 11.1. The number of carbonyl (C=O) groups is 1. The Balaban J connectivity index is 1.37. The summed E-state index contributed by atoms with van der Waals surface area (Å²) >= 11 is 4.91. The number of methoxy groups -OCH3 is 1. The van der Waals surface area contributed by atoms with Gasteiger partial charge in [-0.05, 0) is 35.4 Å². The van der Waals surface area contributed by atoms with E-state index in [0.717, 1.165) is 58.9 Å². The molecule has 1 aliphatic rings. The molecule has 3 N–H and O–H groups in total. The Morgan fingerprint density at radius 2 is 1.92 bits per heavy atom. The molecule has 2 heterocycles. The number of nitrogens with zero attached hydrogens (tertiary/aromatic N) is 2. The van der Waals surface area contributed by atoms with E-state index in [4.69, 9.17) is 9.47 Å². The Hall–Kier alpha value is -2.66. The molecule has 0 unspecified atom stereocenters. The van der Waals surface area contributed by atoms with Gasteiger partial charge in [0.15, 0.2) is 5.13 Å². The molecule has 3 aromatic rings. The van der Waals surface area contributed by atoms with E-state index in [1.807, 2.05) is 29.6 Å². The number of piperazine rings is 1. The number of nitrogens with one attached hydrogen (secondary N) is 3. The zero-order valence-corrected chi connectivity index (χ0v) is 23.9. The average Bonchev–Trinajstić information content (AvgIpc) is 3.38.